The molecule has 1 heterocycles. The Kier molecular flexibility index (Phi) is 6.27. The van der Waals surface area contributed by atoms with Crippen molar-refractivity contribution >= 4 is 21.7 Å². The molecular formula is C22H18BrF2NO3. The first-order chi connectivity index (χ1) is 13.8. The number of ether oxygens (including phenoxy) is 1. The minimum Gasteiger partial charge on any atom is -0.487 e. The average molecular weight is 462 g/mol. The fourth-order valence-electron chi connectivity index (χ4n) is 2.92. The fraction of sp³-hybridized carbons (Fsp3) is 0.182. The number of aryl methyl sites for hydroxylation is 1. The van der Waals surface area contributed by atoms with E-state index in [0.717, 1.165) is 12.1 Å². The van der Waals surface area contributed by atoms with Gasteiger partial charge in [-0.1, -0.05) is 19.1 Å². The predicted octanol–water partition coefficient (Wildman–Crippen LogP) is 5.36. The van der Waals surface area contributed by atoms with Crippen LogP contribution in [0, 0.1) is 18.6 Å². The molecule has 4 nitrogen and oxygen atoms in total. The molecule has 0 saturated carbocycles. The smallest absolute Gasteiger partial charge is 0.273 e. The molecule has 29 heavy (non-hydrogen) atoms. The average Bonchev–Trinajstić information content (AvgIpc) is 2.70. The molecule has 150 valence electrons. The van der Waals surface area contributed by atoms with Crippen molar-refractivity contribution < 1.29 is 18.3 Å². The minimum atomic E-state index is -0.719. The highest BCUT2D eigenvalue weighted by molar-refractivity contribution is 9.10. The largest absolute Gasteiger partial charge is 0.487 e. The van der Waals surface area contributed by atoms with Gasteiger partial charge in [-0.3, -0.25) is 14.2 Å². The Morgan fingerprint density at radius 1 is 1.14 bits per heavy atom. The number of carbonyl (C=O) groups is 1. The summed E-state index contributed by atoms with van der Waals surface area (Å²) in [6.45, 7) is 3.35. The van der Waals surface area contributed by atoms with Crippen molar-refractivity contribution in [2.24, 2.45) is 0 Å². The van der Waals surface area contributed by atoms with E-state index in [0.29, 0.717) is 23.4 Å². The molecule has 0 N–H and O–H groups in total. The second kappa shape index (κ2) is 8.69. The van der Waals surface area contributed by atoms with E-state index < -0.39 is 11.6 Å². The number of hydrogen-bond donors (Lipinski definition) is 0. The summed E-state index contributed by atoms with van der Waals surface area (Å²) in [5.41, 5.74) is 1.46. The standard InChI is InChI=1S/C22H18BrF2NO3/c1-3-19(27)14-5-4-6-17(10-14)26-13(2)9-20(21(23)22(26)28)29-12-15-7-8-16(24)11-18(15)25/h4-11H,3,12H2,1-2H3. The summed E-state index contributed by atoms with van der Waals surface area (Å²) in [5.74, 6) is -1.16. The number of rotatable bonds is 6. The van der Waals surface area contributed by atoms with E-state index in [1.54, 1.807) is 44.2 Å². The number of carbonyl (C=O) groups excluding carboxylic acids is 1. The fourth-order valence-corrected chi connectivity index (χ4v) is 3.33. The zero-order chi connectivity index (χ0) is 21.1. The van der Waals surface area contributed by atoms with Crippen LogP contribution in [0.25, 0.3) is 5.69 Å². The van der Waals surface area contributed by atoms with Crippen LogP contribution < -0.4 is 10.3 Å². The summed E-state index contributed by atoms with van der Waals surface area (Å²) < 4.78 is 34.1. The molecular weight excluding hydrogens is 444 g/mol. The van der Waals surface area contributed by atoms with Gasteiger partial charge in [-0.2, -0.15) is 0 Å². The van der Waals surface area contributed by atoms with E-state index in [1.807, 2.05) is 0 Å². The number of halogens is 3. The molecule has 0 aliphatic heterocycles. The van der Waals surface area contributed by atoms with Gasteiger partial charge in [-0.05, 0) is 47.1 Å². The zero-order valence-electron chi connectivity index (χ0n) is 15.8. The molecule has 0 spiro atoms. The van der Waals surface area contributed by atoms with Crippen molar-refractivity contribution in [3.63, 3.8) is 0 Å². The third kappa shape index (κ3) is 4.45. The molecule has 0 radical (unpaired) electrons. The lowest BCUT2D eigenvalue weighted by atomic mass is 10.1. The number of ketones is 1. The SMILES string of the molecule is CCC(=O)c1cccc(-n2c(C)cc(OCc3ccc(F)cc3F)c(Br)c2=O)c1. The molecule has 2 aromatic carbocycles. The van der Waals surface area contributed by atoms with Crippen LogP contribution >= 0.6 is 15.9 Å². The molecule has 0 unspecified atom stereocenters. The number of aromatic nitrogens is 1. The molecule has 0 aliphatic rings. The Bertz CT molecular complexity index is 1140. The number of pyridine rings is 1. The highest BCUT2D eigenvalue weighted by atomic mass is 79.9. The van der Waals surface area contributed by atoms with Crippen LogP contribution in [0.15, 0.2) is 57.8 Å². The van der Waals surface area contributed by atoms with Crippen LogP contribution in [-0.2, 0) is 6.61 Å². The number of benzene rings is 2. The van der Waals surface area contributed by atoms with Crippen molar-refractivity contribution in [1.29, 1.82) is 0 Å². The predicted molar refractivity (Wildman–Crippen MR) is 110 cm³/mol. The van der Waals surface area contributed by atoms with E-state index in [-0.39, 0.29) is 33.7 Å². The maximum Gasteiger partial charge on any atom is 0.273 e. The normalized spacial score (nSPS) is 10.8. The molecule has 3 rings (SSSR count). The van der Waals surface area contributed by atoms with Crippen molar-refractivity contribution in [2.75, 3.05) is 0 Å². The van der Waals surface area contributed by atoms with Crippen molar-refractivity contribution in [2.45, 2.75) is 26.9 Å². The Hall–Kier alpha value is -2.80. The maximum atomic E-state index is 13.8. The summed E-state index contributed by atoms with van der Waals surface area (Å²) in [7, 11) is 0. The Morgan fingerprint density at radius 2 is 1.90 bits per heavy atom. The molecule has 0 fully saturated rings. The van der Waals surface area contributed by atoms with Gasteiger partial charge in [-0.15, -0.1) is 0 Å². The van der Waals surface area contributed by atoms with Crippen LogP contribution in [0.2, 0.25) is 0 Å². The lowest BCUT2D eigenvalue weighted by Crippen LogP contribution is -2.22. The third-order valence-corrected chi connectivity index (χ3v) is 5.18. The lowest BCUT2D eigenvalue weighted by molar-refractivity contribution is 0.0988. The van der Waals surface area contributed by atoms with Gasteiger partial charge in [0, 0.05) is 41.1 Å². The lowest BCUT2D eigenvalue weighted by Gasteiger charge is -2.15. The van der Waals surface area contributed by atoms with Gasteiger partial charge >= 0.3 is 0 Å². The van der Waals surface area contributed by atoms with Gasteiger partial charge in [0.05, 0.1) is 0 Å². The molecule has 0 aliphatic carbocycles. The van der Waals surface area contributed by atoms with Crippen molar-refractivity contribution in [1.82, 2.24) is 4.57 Å². The van der Waals surface area contributed by atoms with E-state index in [1.165, 1.54) is 10.6 Å². The Morgan fingerprint density at radius 3 is 2.59 bits per heavy atom. The molecule has 1 aromatic heterocycles. The van der Waals surface area contributed by atoms with Crippen LogP contribution in [0.4, 0.5) is 8.78 Å². The van der Waals surface area contributed by atoms with E-state index in [4.69, 9.17) is 4.74 Å². The quantitative estimate of drug-likeness (QED) is 0.464. The Labute approximate surface area is 174 Å². The van der Waals surface area contributed by atoms with Crippen LogP contribution in [0.5, 0.6) is 5.75 Å². The van der Waals surface area contributed by atoms with E-state index >= 15 is 0 Å². The second-order valence-electron chi connectivity index (χ2n) is 6.46. The van der Waals surface area contributed by atoms with Crippen molar-refractivity contribution in [3.05, 3.63) is 91.8 Å². The second-order valence-corrected chi connectivity index (χ2v) is 7.25. The zero-order valence-corrected chi connectivity index (χ0v) is 17.4. The monoisotopic (exact) mass is 461 g/mol. The molecule has 0 atom stereocenters. The van der Waals surface area contributed by atoms with Crippen LogP contribution in [0.3, 0.4) is 0 Å². The maximum absolute atomic E-state index is 13.8. The molecule has 3 aromatic rings. The van der Waals surface area contributed by atoms with Gasteiger partial charge in [0.2, 0.25) is 0 Å². The van der Waals surface area contributed by atoms with Crippen molar-refractivity contribution in [3.8, 4) is 11.4 Å². The first kappa shape index (κ1) is 20.9. The number of hydrogen-bond acceptors (Lipinski definition) is 3. The van der Waals surface area contributed by atoms with E-state index in [9.17, 15) is 18.4 Å². The molecule has 0 amide bonds. The summed E-state index contributed by atoms with van der Waals surface area (Å²) >= 11 is 3.25. The summed E-state index contributed by atoms with van der Waals surface area (Å²) in [6.07, 6.45) is 0.369. The summed E-state index contributed by atoms with van der Waals surface area (Å²) in [4.78, 5) is 24.9. The topological polar surface area (TPSA) is 48.3 Å². The summed E-state index contributed by atoms with van der Waals surface area (Å²) in [5, 5.41) is 0. The summed E-state index contributed by atoms with van der Waals surface area (Å²) in [6, 6.07) is 11.7. The molecule has 7 heteroatoms. The van der Waals surface area contributed by atoms with Gasteiger partial charge in [-0.25, -0.2) is 8.78 Å². The highest BCUT2D eigenvalue weighted by Crippen LogP contribution is 2.25. The first-order valence-electron chi connectivity index (χ1n) is 8.94. The van der Waals surface area contributed by atoms with Crippen LogP contribution in [0.1, 0.15) is 35.0 Å². The van der Waals surface area contributed by atoms with Crippen LogP contribution in [-0.4, -0.2) is 10.4 Å². The molecule has 0 bridgehead atoms. The number of nitrogens with zero attached hydrogens (tertiary/aromatic N) is 1. The minimum absolute atomic E-state index is 0.0158. The number of Topliss-reactive ketones (excluding diaryl/α,β-unsaturated/α-hetero) is 1. The van der Waals surface area contributed by atoms with Gasteiger partial charge < -0.3 is 4.74 Å². The first-order valence-corrected chi connectivity index (χ1v) is 9.73. The van der Waals surface area contributed by atoms with Gasteiger partial charge in [0.15, 0.2) is 5.78 Å². The van der Waals surface area contributed by atoms with E-state index in [2.05, 4.69) is 15.9 Å². The molecule has 0 saturated heterocycles. The van der Waals surface area contributed by atoms with Gasteiger partial charge in [0.25, 0.3) is 5.56 Å². The Balaban J connectivity index is 1.95. The third-order valence-electron chi connectivity index (χ3n) is 4.45. The van der Waals surface area contributed by atoms with Gasteiger partial charge in [0.1, 0.15) is 28.5 Å². The highest BCUT2D eigenvalue weighted by Gasteiger charge is 2.15.